The topological polar surface area (TPSA) is 44.3 Å². The molecule has 2 heterocycles. The number of H-pyrrole nitrogens is 1. The van der Waals surface area contributed by atoms with Crippen LogP contribution in [0.15, 0.2) is 90.0 Å². The van der Waals surface area contributed by atoms with Crippen LogP contribution in [0.25, 0.3) is 11.0 Å². The summed E-state index contributed by atoms with van der Waals surface area (Å²) < 4.78 is 0. The molecule has 1 unspecified atom stereocenters. The Bertz CT molecular complexity index is 1030. The van der Waals surface area contributed by atoms with Crippen LogP contribution in [-0.2, 0) is 0 Å². The van der Waals surface area contributed by atoms with E-state index in [-0.39, 0.29) is 6.04 Å². The minimum Gasteiger partial charge on any atom is -0.337 e. The average Bonchev–Trinajstić information content (AvgIpc) is 3.34. The monoisotopic (exact) mass is 338 g/mol. The van der Waals surface area contributed by atoms with Gasteiger partial charge in [0.2, 0.25) is 0 Å². The number of rotatable bonds is 3. The van der Waals surface area contributed by atoms with Crippen molar-refractivity contribution in [1.29, 1.82) is 0 Å². The van der Waals surface area contributed by atoms with E-state index >= 15 is 0 Å². The van der Waals surface area contributed by atoms with E-state index in [9.17, 15) is 0 Å². The SMILES string of the molecule is c1ccc(C2CC(c3nc4ccccc4[nH]3)=NN2c2ccccc2)cc1. The summed E-state index contributed by atoms with van der Waals surface area (Å²) in [6.45, 7) is 0. The molecule has 0 amide bonds. The highest BCUT2D eigenvalue weighted by atomic mass is 15.5. The van der Waals surface area contributed by atoms with Crippen LogP contribution in [0.5, 0.6) is 0 Å². The predicted molar refractivity (Wildman–Crippen MR) is 105 cm³/mol. The van der Waals surface area contributed by atoms with Gasteiger partial charge in [-0.3, -0.25) is 5.01 Å². The number of nitrogens with one attached hydrogen (secondary N) is 1. The van der Waals surface area contributed by atoms with E-state index in [4.69, 9.17) is 10.1 Å². The Morgan fingerprint density at radius 1 is 0.808 bits per heavy atom. The summed E-state index contributed by atoms with van der Waals surface area (Å²) in [5, 5.41) is 7.05. The molecule has 5 rings (SSSR count). The first-order chi connectivity index (χ1) is 12.9. The molecule has 0 saturated carbocycles. The number of hydrazone groups is 1. The summed E-state index contributed by atoms with van der Waals surface area (Å²) in [5.41, 5.74) is 5.34. The number of nitrogens with zero attached hydrogens (tertiary/aromatic N) is 3. The Hall–Kier alpha value is -3.40. The van der Waals surface area contributed by atoms with Crippen molar-refractivity contribution in [3.8, 4) is 0 Å². The van der Waals surface area contributed by atoms with Crippen LogP contribution in [0.4, 0.5) is 5.69 Å². The fourth-order valence-corrected chi connectivity index (χ4v) is 3.50. The lowest BCUT2D eigenvalue weighted by atomic mass is 10.0. The van der Waals surface area contributed by atoms with E-state index in [1.165, 1.54) is 5.56 Å². The van der Waals surface area contributed by atoms with Crippen molar-refractivity contribution in [3.63, 3.8) is 0 Å². The number of aromatic nitrogens is 2. The number of para-hydroxylation sites is 3. The van der Waals surface area contributed by atoms with Gasteiger partial charge in [0.05, 0.1) is 22.8 Å². The molecule has 0 radical (unpaired) electrons. The number of hydrogen-bond donors (Lipinski definition) is 1. The molecule has 1 aliphatic heterocycles. The van der Waals surface area contributed by atoms with Gasteiger partial charge >= 0.3 is 0 Å². The minimum absolute atomic E-state index is 0.168. The summed E-state index contributed by atoms with van der Waals surface area (Å²) in [7, 11) is 0. The van der Waals surface area contributed by atoms with Crippen molar-refractivity contribution in [2.45, 2.75) is 12.5 Å². The Kier molecular flexibility index (Phi) is 3.53. The first kappa shape index (κ1) is 14.9. The lowest BCUT2D eigenvalue weighted by molar-refractivity contribution is 0.709. The van der Waals surface area contributed by atoms with Crippen LogP contribution in [0.1, 0.15) is 23.9 Å². The molecule has 126 valence electrons. The summed E-state index contributed by atoms with van der Waals surface area (Å²) in [4.78, 5) is 8.15. The Labute approximate surface area is 151 Å². The van der Waals surface area contributed by atoms with E-state index in [0.29, 0.717) is 0 Å². The highest BCUT2D eigenvalue weighted by Gasteiger charge is 2.31. The fourth-order valence-electron chi connectivity index (χ4n) is 3.50. The first-order valence-corrected chi connectivity index (χ1v) is 8.80. The molecule has 4 nitrogen and oxygen atoms in total. The molecule has 0 spiro atoms. The van der Waals surface area contributed by atoms with Crippen LogP contribution in [0, 0.1) is 0 Å². The molecule has 1 aromatic heterocycles. The molecule has 26 heavy (non-hydrogen) atoms. The number of imidazole rings is 1. The lowest BCUT2D eigenvalue weighted by Gasteiger charge is -2.23. The van der Waals surface area contributed by atoms with Gasteiger partial charge in [-0.25, -0.2) is 4.98 Å². The van der Waals surface area contributed by atoms with Gasteiger partial charge in [0.25, 0.3) is 0 Å². The van der Waals surface area contributed by atoms with Crippen molar-refractivity contribution in [1.82, 2.24) is 9.97 Å². The first-order valence-electron chi connectivity index (χ1n) is 8.80. The highest BCUT2D eigenvalue weighted by Crippen LogP contribution is 2.36. The second kappa shape index (κ2) is 6.15. The normalized spacial score (nSPS) is 16.8. The second-order valence-electron chi connectivity index (χ2n) is 6.46. The summed E-state index contributed by atoms with van der Waals surface area (Å²) >= 11 is 0. The molecule has 0 fully saturated rings. The predicted octanol–water partition coefficient (Wildman–Crippen LogP) is 4.92. The largest absolute Gasteiger partial charge is 0.337 e. The zero-order chi connectivity index (χ0) is 17.3. The van der Waals surface area contributed by atoms with Crippen LogP contribution < -0.4 is 5.01 Å². The molecule has 4 heteroatoms. The Morgan fingerprint density at radius 3 is 2.27 bits per heavy atom. The minimum atomic E-state index is 0.168. The molecule has 0 saturated heterocycles. The molecule has 4 aromatic rings. The maximum absolute atomic E-state index is 4.94. The number of fused-ring (bicyclic) bond motifs is 1. The van der Waals surface area contributed by atoms with Crippen molar-refractivity contribution in [2.24, 2.45) is 5.10 Å². The maximum atomic E-state index is 4.94. The van der Waals surface area contributed by atoms with Crippen molar-refractivity contribution in [2.75, 3.05) is 5.01 Å². The van der Waals surface area contributed by atoms with Gasteiger partial charge in [0, 0.05) is 6.42 Å². The van der Waals surface area contributed by atoms with E-state index in [1.807, 2.05) is 48.5 Å². The quantitative estimate of drug-likeness (QED) is 0.576. The van der Waals surface area contributed by atoms with E-state index in [0.717, 1.165) is 34.7 Å². The van der Waals surface area contributed by atoms with Crippen molar-refractivity contribution in [3.05, 3.63) is 96.3 Å². The summed E-state index contributed by atoms with van der Waals surface area (Å²) in [6, 6.07) is 29.1. The number of hydrogen-bond acceptors (Lipinski definition) is 3. The van der Waals surface area contributed by atoms with Gasteiger partial charge in [-0.2, -0.15) is 5.10 Å². The molecule has 0 bridgehead atoms. The third-order valence-electron chi connectivity index (χ3n) is 4.78. The molecule has 1 atom stereocenters. The maximum Gasteiger partial charge on any atom is 0.154 e. The average molecular weight is 338 g/mol. The van der Waals surface area contributed by atoms with Gasteiger partial charge in [0.15, 0.2) is 5.82 Å². The highest BCUT2D eigenvalue weighted by molar-refractivity contribution is 6.02. The number of aromatic amines is 1. The van der Waals surface area contributed by atoms with Gasteiger partial charge in [0.1, 0.15) is 5.71 Å². The molecule has 1 N–H and O–H groups in total. The van der Waals surface area contributed by atoms with E-state index in [2.05, 4.69) is 46.4 Å². The summed E-state index contributed by atoms with van der Waals surface area (Å²) in [6.07, 6.45) is 0.818. The van der Waals surface area contributed by atoms with Crippen LogP contribution in [0.3, 0.4) is 0 Å². The molecular formula is C22H18N4. The van der Waals surface area contributed by atoms with Crippen molar-refractivity contribution < 1.29 is 0 Å². The smallest absolute Gasteiger partial charge is 0.154 e. The van der Waals surface area contributed by atoms with Gasteiger partial charge < -0.3 is 4.98 Å². The second-order valence-corrected chi connectivity index (χ2v) is 6.46. The Morgan fingerprint density at radius 2 is 1.50 bits per heavy atom. The van der Waals surface area contributed by atoms with E-state index < -0.39 is 0 Å². The molecule has 0 aliphatic carbocycles. The zero-order valence-corrected chi connectivity index (χ0v) is 14.2. The lowest BCUT2D eigenvalue weighted by Crippen LogP contribution is -2.18. The Balaban J connectivity index is 1.58. The standard InChI is InChI=1S/C22H18N4/c1-3-9-16(10-4-1)21-15-20(25-26(21)17-11-5-2-6-12-17)22-23-18-13-7-8-14-19(18)24-22/h1-14,21H,15H2,(H,23,24). The number of anilines is 1. The molecular weight excluding hydrogens is 320 g/mol. The molecule has 1 aliphatic rings. The van der Waals surface area contributed by atoms with Crippen LogP contribution in [-0.4, -0.2) is 15.7 Å². The fraction of sp³-hybridized carbons (Fsp3) is 0.0909. The van der Waals surface area contributed by atoms with Gasteiger partial charge in [-0.05, 0) is 29.8 Å². The van der Waals surface area contributed by atoms with Gasteiger partial charge in [-0.1, -0.05) is 60.7 Å². The molecule has 3 aromatic carbocycles. The van der Waals surface area contributed by atoms with Gasteiger partial charge in [-0.15, -0.1) is 0 Å². The third-order valence-corrected chi connectivity index (χ3v) is 4.78. The van der Waals surface area contributed by atoms with Crippen LogP contribution >= 0.6 is 0 Å². The van der Waals surface area contributed by atoms with E-state index in [1.54, 1.807) is 0 Å². The van der Waals surface area contributed by atoms with Crippen molar-refractivity contribution >= 4 is 22.4 Å². The summed E-state index contributed by atoms with van der Waals surface area (Å²) in [5.74, 6) is 0.852. The van der Waals surface area contributed by atoms with Crippen LogP contribution in [0.2, 0.25) is 0 Å². The zero-order valence-electron chi connectivity index (χ0n) is 14.2. The number of benzene rings is 3. The third kappa shape index (κ3) is 2.56.